The summed E-state index contributed by atoms with van der Waals surface area (Å²) in [7, 11) is 1.66. The highest BCUT2D eigenvalue weighted by atomic mass is 16.5. The number of benzene rings is 2. The van der Waals surface area contributed by atoms with Gasteiger partial charge in [-0.05, 0) is 74.3 Å². The summed E-state index contributed by atoms with van der Waals surface area (Å²) >= 11 is 0. The van der Waals surface area contributed by atoms with Crippen LogP contribution in [0.3, 0.4) is 0 Å². The maximum atomic E-state index is 5.91. The Kier molecular flexibility index (Phi) is 5.78. The molecule has 138 valence electrons. The maximum Gasteiger partial charge on any atom is 0.119 e. The lowest BCUT2D eigenvalue weighted by Gasteiger charge is -2.11. The molecule has 0 aliphatic heterocycles. The molecule has 2 aromatic carbocycles. The van der Waals surface area contributed by atoms with E-state index in [2.05, 4.69) is 30.5 Å². The SMILES string of the molecule is COc1ccc(OCCn2c(CCCN)nc3cc(C)c(C)cc32)cc1. The molecule has 26 heavy (non-hydrogen) atoms. The Morgan fingerprint density at radius 1 is 1.04 bits per heavy atom. The predicted octanol–water partition coefficient (Wildman–Crippen LogP) is 3.63. The number of ether oxygens (including phenoxy) is 2. The summed E-state index contributed by atoms with van der Waals surface area (Å²) in [5, 5.41) is 0. The quantitative estimate of drug-likeness (QED) is 0.672. The van der Waals surface area contributed by atoms with Gasteiger partial charge in [-0.3, -0.25) is 0 Å². The summed E-state index contributed by atoms with van der Waals surface area (Å²) in [5.41, 5.74) is 10.5. The van der Waals surface area contributed by atoms with Crippen LogP contribution in [0.4, 0.5) is 0 Å². The van der Waals surface area contributed by atoms with Crippen LogP contribution < -0.4 is 15.2 Å². The van der Waals surface area contributed by atoms with Crippen molar-refractivity contribution in [3.63, 3.8) is 0 Å². The fraction of sp³-hybridized carbons (Fsp3) is 0.381. The Hall–Kier alpha value is -2.53. The molecular weight excluding hydrogens is 326 g/mol. The molecule has 0 radical (unpaired) electrons. The van der Waals surface area contributed by atoms with Crippen molar-refractivity contribution in [3.05, 3.63) is 53.3 Å². The molecule has 0 saturated heterocycles. The minimum Gasteiger partial charge on any atom is -0.497 e. The summed E-state index contributed by atoms with van der Waals surface area (Å²) in [5.74, 6) is 2.74. The Bertz CT molecular complexity index is 869. The van der Waals surface area contributed by atoms with E-state index in [0.717, 1.165) is 42.2 Å². The van der Waals surface area contributed by atoms with Gasteiger partial charge in [0.25, 0.3) is 0 Å². The average Bonchev–Trinajstić information content (AvgIpc) is 2.97. The van der Waals surface area contributed by atoms with Crippen molar-refractivity contribution in [2.45, 2.75) is 33.2 Å². The van der Waals surface area contributed by atoms with Gasteiger partial charge in [-0.1, -0.05) is 0 Å². The van der Waals surface area contributed by atoms with Gasteiger partial charge in [-0.2, -0.15) is 0 Å². The number of methoxy groups -OCH3 is 1. The summed E-state index contributed by atoms with van der Waals surface area (Å²) < 4.78 is 13.4. The lowest BCUT2D eigenvalue weighted by Crippen LogP contribution is -2.12. The second kappa shape index (κ2) is 8.23. The van der Waals surface area contributed by atoms with Crippen molar-refractivity contribution in [3.8, 4) is 11.5 Å². The molecule has 2 N–H and O–H groups in total. The van der Waals surface area contributed by atoms with E-state index in [-0.39, 0.29) is 0 Å². The molecule has 5 heteroatoms. The Morgan fingerprint density at radius 2 is 1.73 bits per heavy atom. The zero-order valence-electron chi connectivity index (χ0n) is 15.8. The molecule has 3 aromatic rings. The molecule has 5 nitrogen and oxygen atoms in total. The molecule has 0 amide bonds. The van der Waals surface area contributed by atoms with E-state index in [0.29, 0.717) is 13.2 Å². The smallest absolute Gasteiger partial charge is 0.119 e. The van der Waals surface area contributed by atoms with E-state index in [4.69, 9.17) is 20.2 Å². The molecule has 0 atom stereocenters. The predicted molar refractivity (Wildman–Crippen MR) is 105 cm³/mol. The first-order chi connectivity index (χ1) is 12.6. The van der Waals surface area contributed by atoms with Crippen molar-refractivity contribution in [2.75, 3.05) is 20.3 Å². The van der Waals surface area contributed by atoms with Gasteiger partial charge in [0.15, 0.2) is 0 Å². The zero-order chi connectivity index (χ0) is 18.5. The van der Waals surface area contributed by atoms with Crippen LogP contribution in [0.2, 0.25) is 0 Å². The third-order valence-corrected chi connectivity index (χ3v) is 4.69. The Morgan fingerprint density at radius 3 is 2.42 bits per heavy atom. The Balaban J connectivity index is 1.78. The number of fused-ring (bicyclic) bond motifs is 1. The summed E-state index contributed by atoms with van der Waals surface area (Å²) in [6.07, 6.45) is 1.81. The molecule has 0 spiro atoms. The highest BCUT2D eigenvalue weighted by Gasteiger charge is 2.12. The summed E-state index contributed by atoms with van der Waals surface area (Å²) in [6, 6.07) is 12.0. The molecule has 1 aromatic heterocycles. The van der Waals surface area contributed by atoms with Crippen LogP contribution in [0.1, 0.15) is 23.4 Å². The number of imidazole rings is 1. The van der Waals surface area contributed by atoms with Crippen LogP contribution in [0.25, 0.3) is 11.0 Å². The van der Waals surface area contributed by atoms with Crippen molar-refractivity contribution in [1.82, 2.24) is 9.55 Å². The van der Waals surface area contributed by atoms with Crippen LogP contribution >= 0.6 is 0 Å². The number of nitrogens with zero attached hydrogens (tertiary/aromatic N) is 2. The molecule has 3 rings (SSSR count). The van der Waals surface area contributed by atoms with Gasteiger partial charge in [0.2, 0.25) is 0 Å². The van der Waals surface area contributed by atoms with Crippen LogP contribution in [0.5, 0.6) is 11.5 Å². The van der Waals surface area contributed by atoms with Gasteiger partial charge >= 0.3 is 0 Å². The molecule has 0 saturated carbocycles. The number of hydrogen-bond donors (Lipinski definition) is 1. The van der Waals surface area contributed by atoms with E-state index in [1.807, 2.05) is 24.3 Å². The third-order valence-electron chi connectivity index (χ3n) is 4.69. The average molecular weight is 353 g/mol. The number of aromatic nitrogens is 2. The normalized spacial score (nSPS) is 11.1. The van der Waals surface area contributed by atoms with E-state index < -0.39 is 0 Å². The minimum absolute atomic E-state index is 0.584. The lowest BCUT2D eigenvalue weighted by molar-refractivity contribution is 0.297. The fourth-order valence-electron chi connectivity index (χ4n) is 3.06. The maximum absolute atomic E-state index is 5.91. The molecule has 0 aliphatic carbocycles. The first-order valence-electron chi connectivity index (χ1n) is 9.05. The monoisotopic (exact) mass is 353 g/mol. The van der Waals surface area contributed by atoms with Gasteiger partial charge < -0.3 is 19.8 Å². The summed E-state index contributed by atoms with van der Waals surface area (Å²) in [4.78, 5) is 4.84. The third kappa shape index (κ3) is 3.99. The highest BCUT2D eigenvalue weighted by molar-refractivity contribution is 5.78. The molecule has 0 aliphatic rings. The summed E-state index contributed by atoms with van der Waals surface area (Å²) in [6.45, 7) is 6.27. The van der Waals surface area contributed by atoms with Crippen LogP contribution in [-0.2, 0) is 13.0 Å². The highest BCUT2D eigenvalue weighted by Crippen LogP contribution is 2.22. The van der Waals surface area contributed by atoms with E-state index >= 15 is 0 Å². The molecule has 0 fully saturated rings. The van der Waals surface area contributed by atoms with Gasteiger partial charge in [-0.25, -0.2) is 4.98 Å². The fourth-order valence-corrected chi connectivity index (χ4v) is 3.06. The second-order valence-electron chi connectivity index (χ2n) is 6.52. The van der Waals surface area contributed by atoms with E-state index in [1.165, 1.54) is 16.6 Å². The largest absolute Gasteiger partial charge is 0.497 e. The van der Waals surface area contributed by atoms with Crippen LogP contribution in [0.15, 0.2) is 36.4 Å². The van der Waals surface area contributed by atoms with Gasteiger partial charge in [0.05, 0.1) is 24.7 Å². The molecule has 0 bridgehead atoms. The van der Waals surface area contributed by atoms with Crippen LogP contribution in [0, 0.1) is 13.8 Å². The van der Waals surface area contributed by atoms with Crippen molar-refractivity contribution < 1.29 is 9.47 Å². The van der Waals surface area contributed by atoms with Gasteiger partial charge in [0.1, 0.15) is 23.9 Å². The second-order valence-corrected chi connectivity index (χ2v) is 6.52. The lowest BCUT2D eigenvalue weighted by atomic mass is 10.1. The first kappa shape index (κ1) is 18.3. The molecule has 1 heterocycles. The zero-order valence-corrected chi connectivity index (χ0v) is 15.8. The molecule has 0 unspecified atom stereocenters. The van der Waals surface area contributed by atoms with Crippen molar-refractivity contribution >= 4 is 11.0 Å². The number of nitrogens with two attached hydrogens (primary N) is 1. The van der Waals surface area contributed by atoms with Crippen molar-refractivity contribution in [1.29, 1.82) is 0 Å². The van der Waals surface area contributed by atoms with Crippen molar-refractivity contribution in [2.24, 2.45) is 5.73 Å². The number of rotatable bonds is 8. The van der Waals surface area contributed by atoms with E-state index in [1.54, 1.807) is 7.11 Å². The topological polar surface area (TPSA) is 62.3 Å². The standard InChI is InChI=1S/C21H27N3O2/c1-15-13-19-20(14-16(15)2)24(21(23-19)5-4-10-22)11-12-26-18-8-6-17(25-3)7-9-18/h6-9,13-14H,4-5,10-12,22H2,1-3H3. The van der Waals surface area contributed by atoms with Crippen LogP contribution in [-0.4, -0.2) is 29.8 Å². The Labute approximate surface area is 154 Å². The first-order valence-corrected chi connectivity index (χ1v) is 9.05. The van der Waals surface area contributed by atoms with E-state index in [9.17, 15) is 0 Å². The number of aryl methyl sites for hydroxylation is 3. The van der Waals surface area contributed by atoms with Gasteiger partial charge in [0, 0.05) is 6.42 Å². The minimum atomic E-state index is 0.584. The molecular formula is C21H27N3O2. The van der Waals surface area contributed by atoms with Gasteiger partial charge in [-0.15, -0.1) is 0 Å². The number of hydrogen-bond acceptors (Lipinski definition) is 4.